The third kappa shape index (κ3) is 5.91. The maximum Gasteiger partial charge on any atom is 0.273 e. The Morgan fingerprint density at radius 3 is 2.33 bits per heavy atom. The molecule has 0 fully saturated rings. The molecule has 7 nitrogen and oxygen atoms in total. The number of nitrogens with zero attached hydrogens (tertiary/aromatic N) is 1. The second-order valence-electron chi connectivity index (χ2n) is 8.32. The van der Waals surface area contributed by atoms with Crippen LogP contribution < -0.4 is 15.4 Å². The Kier molecular flexibility index (Phi) is 8.14. The Hall–Kier alpha value is -4.14. The maximum atomic E-state index is 14.1. The first-order chi connectivity index (χ1) is 17.1. The van der Waals surface area contributed by atoms with E-state index in [1.54, 1.807) is 24.4 Å². The van der Waals surface area contributed by atoms with Gasteiger partial charge in [-0.2, -0.15) is 0 Å². The minimum absolute atomic E-state index is 0. The van der Waals surface area contributed by atoms with Crippen LogP contribution in [0.15, 0.2) is 60.8 Å². The summed E-state index contributed by atoms with van der Waals surface area (Å²) < 4.78 is 33.6. The van der Waals surface area contributed by atoms with Crippen LogP contribution in [0.3, 0.4) is 0 Å². The van der Waals surface area contributed by atoms with Gasteiger partial charge in [0.15, 0.2) is 5.92 Å². The number of anilines is 2. The lowest BCUT2D eigenvalue weighted by molar-refractivity contribution is -0.126. The largest absolute Gasteiger partial charge is 0.496 e. The van der Waals surface area contributed by atoms with E-state index in [4.69, 9.17) is 10.1 Å². The Bertz CT molecular complexity index is 1300. The van der Waals surface area contributed by atoms with Crippen LogP contribution in [0.5, 0.6) is 5.75 Å². The van der Waals surface area contributed by atoms with Crippen molar-refractivity contribution in [2.24, 2.45) is 5.92 Å². The number of amides is 2. The molecule has 0 spiro atoms. The first-order valence-corrected chi connectivity index (χ1v) is 11.3. The Labute approximate surface area is 209 Å². The third-order valence-electron chi connectivity index (χ3n) is 5.69. The van der Waals surface area contributed by atoms with Crippen molar-refractivity contribution < 1.29 is 24.5 Å². The second-order valence-corrected chi connectivity index (χ2v) is 8.32. The van der Waals surface area contributed by atoms with E-state index in [1.165, 1.54) is 45.2 Å². The van der Waals surface area contributed by atoms with Crippen LogP contribution in [0.4, 0.5) is 20.2 Å². The molecular weight excluding hydrogens is 466 g/mol. The number of carbonyl (C=O) groups is 2. The molecule has 0 aliphatic heterocycles. The summed E-state index contributed by atoms with van der Waals surface area (Å²) in [6.45, 7) is 4.60. The minimum Gasteiger partial charge on any atom is -0.496 e. The number of aryl methyl sites for hydroxylation is 1. The number of pyridine rings is 1. The number of rotatable bonds is 9. The number of aromatic nitrogens is 1. The molecule has 36 heavy (non-hydrogen) atoms. The molecule has 3 rings (SSSR count). The van der Waals surface area contributed by atoms with E-state index in [0.29, 0.717) is 22.7 Å². The van der Waals surface area contributed by atoms with E-state index < -0.39 is 30.1 Å². The van der Waals surface area contributed by atoms with Crippen molar-refractivity contribution in [3.63, 3.8) is 0 Å². The van der Waals surface area contributed by atoms with E-state index in [-0.39, 0.29) is 18.4 Å². The molecule has 3 N–H and O–H groups in total. The summed E-state index contributed by atoms with van der Waals surface area (Å²) in [6.07, 6.45) is 1.26. The van der Waals surface area contributed by atoms with Crippen molar-refractivity contribution in [2.45, 2.75) is 33.1 Å². The van der Waals surface area contributed by atoms with E-state index >= 15 is 0 Å². The lowest BCUT2D eigenvalue weighted by Crippen LogP contribution is -2.38. The highest BCUT2D eigenvalue weighted by molar-refractivity contribution is 6.24. The standard InChI is InChI=1S/C27H28F2N4O3.H2/c1-5-27(28,29)18-9-6-10-19(14-18)32-25(34)23(17(3)30)26(35)33-20-11-12-22(36-4)21(15-20)24-16(2)8-7-13-31-24;/h6-15,23,30H,5H2,1-4H3,(H,32,34)(H,33,35);1H. The summed E-state index contributed by atoms with van der Waals surface area (Å²) in [5, 5.41) is 13.2. The number of hydrogen-bond donors (Lipinski definition) is 3. The van der Waals surface area contributed by atoms with Crippen LogP contribution in [0.2, 0.25) is 0 Å². The first kappa shape index (κ1) is 26.5. The molecule has 3 aromatic rings. The van der Waals surface area contributed by atoms with E-state index in [0.717, 1.165) is 5.56 Å². The van der Waals surface area contributed by atoms with Gasteiger partial charge in [-0.25, -0.2) is 8.78 Å². The number of benzene rings is 2. The van der Waals surface area contributed by atoms with Crippen molar-refractivity contribution in [3.05, 3.63) is 71.9 Å². The number of nitrogens with one attached hydrogen (secondary N) is 3. The molecule has 1 heterocycles. The second kappa shape index (κ2) is 11.1. The SMILES string of the molecule is CCC(F)(F)c1cccc(NC(=O)C(C(C)=N)C(=O)Nc2ccc(OC)c(-c3ncccc3C)c2)c1.[HH]. The fraction of sp³-hybridized carbons (Fsp3) is 0.259. The van der Waals surface area contributed by atoms with E-state index in [9.17, 15) is 18.4 Å². The van der Waals surface area contributed by atoms with Crippen molar-refractivity contribution in [1.29, 1.82) is 5.41 Å². The summed E-state index contributed by atoms with van der Waals surface area (Å²) in [5.74, 6) is -5.50. The van der Waals surface area contributed by atoms with Gasteiger partial charge in [-0.3, -0.25) is 14.6 Å². The third-order valence-corrected chi connectivity index (χ3v) is 5.69. The molecule has 2 aromatic carbocycles. The molecule has 0 aliphatic carbocycles. The Balaban J connectivity index is 0.00000481. The van der Waals surface area contributed by atoms with Crippen molar-refractivity contribution in [2.75, 3.05) is 17.7 Å². The van der Waals surface area contributed by atoms with E-state index in [1.807, 2.05) is 19.1 Å². The van der Waals surface area contributed by atoms with Gasteiger partial charge in [-0.15, -0.1) is 0 Å². The predicted molar refractivity (Wildman–Crippen MR) is 138 cm³/mol. The molecule has 0 radical (unpaired) electrons. The average Bonchev–Trinajstić information content (AvgIpc) is 2.84. The summed E-state index contributed by atoms with van der Waals surface area (Å²) in [5.41, 5.74) is 2.27. The lowest BCUT2D eigenvalue weighted by Gasteiger charge is -2.18. The number of alkyl halides is 2. The smallest absolute Gasteiger partial charge is 0.273 e. The van der Waals surface area contributed by atoms with Crippen LogP contribution in [0.25, 0.3) is 11.3 Å². The fourth-order valence-corrected chi connectivity index (χ4v) is 3.71. The molecule has 190 valence electrons. The lowest BCUT2D eigenvalue weighted by atomic mass is 10.0. The molecule has 1 atom stereocenters. The van der Waals surface area contributed by atoms with Gasteiger partial charge in [0.2, 0.25) is 11.8 Å². The van der Waals surface area contributed by atoms with Crippen molar-refractivity contribution in [3.8, 4) is 17.0 Å². The average molecular weight is 497 g/mol. The van der Waals surface area contributed by atoms with Crippen LogP contribution >= 0.6 is 0 Å². The Morgan fingerprint density at radius 2 is 1.75 bits per heavy atom. The zero-order valence-electron chi connectivity index (χ0n) is 20.5. The Morgan fingerprint density at radius 1 is 1.08 bits per heavy atom. The van der Waals surface area contributed by atoms with Crippen LogP contribution in [0.1, 0.15) is 32.8 Å². The number of hydrogen-bond acceptors (Lipinski definition) is 5. The van der Waals surface area contributed by atoms with Gasteiger partial charge in [-0.1, -0.05) is 25.1 Å². The molecule has 1 aromatic heterocycles. The molecule has 0 saturated carbocycles. The summed E-state index contributed by atoms with van der Waals surface area (Å²) >= 11 is 0. The highest BCUT2D eigenvalue weighted by atomic mass is 19.3. The summed E-state index contributed by atoms with van der Waals surface area (Å²) in [6, 6.07) is 14.0. The highest BCUT2D eigenvalue weighted by Gasteiger charge is 2.31. The van der Waals surface area contributed by atoms with Crippen LogP contribution in [-0.2, 0) is 15.5 Å². The van der Waals surface area contributed by atoms with E-state index in [2.05, 4.69) is 15.6 Å². The van der Waals surface area contributed by atoms with Gasteiger partial charge < -0.3 is 20.8 Å². The highest BCUT2D eigenvalue weighted by Crippen LogP contribution is 2.34. The number of methoxy groups -OCH3 is 1. The predicted octanol–water partition coefficient (Wildman–Crippen LogP) is 6.05. The van der Waals surface area contributed by atoms with Crippen LogP contribution in [-0.4, -0.2) is 29.6 Å². The topological polar surface area (TPSA) is 104 Å². The zero-order valence-corrected chi connectivity index (χ0v) is 20.5. The molecule has 2 amide bonds. The van der Waals surface area contributed by atoms with Crippen LogP contribution in [0, 0.1) is 18.3 Å². The zero-order chi connectivity index (χ0) is 26.5. The molecule has 0 bridgehead atoms. The molecular formula is C27H30F2N4O3. The summed E-state index contributed by atoms with van der Waals surface area (Å²) in [7, 11) is 1.53. The molecule has 0 saturated heterocycles. The molecule has 1 unspecified atom stereocenters. The van der Waals surface area contributed by atoms with Gasteiger partial charge in [0.05, 0.1) is 12.8 Å². The summed E-state index contributed by atoms with van der Waals surface area (Å²) in [4.78, 5) is 30.4. The molecule has 9 heteroatoms. The maximum absolute atomic E-state index is 14.1. The van der Waals surface area contributed by atoms with Gasteiger partial charge in [0, 0.05) is 42.3 Å². The van der Waals surface area contributed by atoms with Gasteiger partial charge in [0.1, 0.15) is 5.75 Å². The number of carbonyl (C=O) groups excluding carboxylic acids is 2. The van der Waals surface area contributed by atoms with Crippen molar-refractivity contribution >= 4 is 28.9 Å². The number of halogens is 2. The quantitative estimate of drug-likeness (QED) is 0.248. The normalized spacial score (nSPS) is 11.9. The molecule has 0 aliphatic rings. The monoisotopic (exact) mass is 496 g/mol. The van der Waals surface area contributed by atoms with Gasteiger partial charge in [0.25, 0.3) is 5.92 Å². The number of ether oxygens (including phenoxy) is 1. The minimum atomic E-state index is -3.05. The fourth-order valence-electron chi connectivity index (χ4n) is 3.71. The van der Waals surface area contributed by atoms with Crippen molar-refractivity contribution in [1.82, 2.24) is 4.98 Å². The first-order valence-electron chi connectivity index (χ1n) is 11.3. The van der Waals surface area contributed by atoms with Gasteiger partial charge >= 0.3 is 0 Å². The van der Waals surface area contributed by atoms with Gasteiger partial charge in [-0.05, 0) is 55.8 Å².